The van der Waals surface area contributed by atoms with Gasteiger partial charge in [-0.3, -0.25) is 9.69 Å². The van der Waals surface area contributed by atoms with Crippen LogP contribution in [0.2, 0.25) is 0 Å². The zero-order valence-corrected chi connectivity index (χ0v) is 20.5. The molecular formula is C22H37N5O3S. The van der Waals surface area contributed by atoms with Gasteiger partial charge in [0.25, 0.3) is 0 Å². The summed E-state index contributed by atoms with van der Waals surface area (Å²) in [4.78, 5) is 19.5. The molecule has 9 heteroatoms. The minimum absolute atomic E-state index is 0.00383. The summed E-state index contributed by atoms with van der Waals surface area (Å²) in [5.74, 6) is 0.759. The first-order valence-corrected chi connectivity index (χ1v) is 12.6. The molecule has 0 aliphatic rings. The van der Waals surface area contributed by atoms with Crippen molar-refractivity contribution in [2.24, 2.45) is 7.05 Å². The molecular weight excluding hydrogens is 414 g/mol. The third-order valence-corrected chi connectivity index (χ3v) is 7.94. The number of likely N-dealkylation sites (N-methyl/N-ethyl adjacent to an activating group) is 1. The molecule has 0 radical (unpaired) electrons. The fourth-order valence-corrected chi connectivity index (χ4v) is 5.36. The highest BCUT2D eigenvalue weighted by Crippen LogP contribution is 2.22. The number of nitrogens with one attached hydrogen (secondary N) is 1. The van der Waals surface area contributed by atoms with Crippen LogP contribution in [0.15, 0.2) is 23.1 Å². The van der Waals surface area contributed by atoms with E-state index in [2.05, 4.69) is 36.0 Å². The Kier molecular flexibility index (Phi) is 9.02. The largest absolute Gasteiger partial charge is 0.355 e. The number of fused-ring (bicyclic) bond motifs is 1. The molecule has 1 aromatic heterocycles. The SMILES string of the molecule is CCN(CC)C(C)CNC(=O)CCc1nc2cc(S(=O)(=O)N(CC)CC)ccc2n1C. The Morgan fingerprint density at radius 1 is 1.13 bits per heavy atom. The number of hydrogen-bond donors (Lipinski definition) is 1. The zero-order chi connectivity index (χ0) is 23.2. The lowest BCUT2D eigenvalue weighted by Crippen LogP contribution is -2.42. The number of aryl methyl sites for hydroxylation is 2. The van der Waals surface area contributed by atoms with Crippen LogP contribution in [0.4, 0.5) is 0 Å². The van der Waals surface area contributed by atoms with Gasteiger partial charge in [0.2, 0.25) is 15.9 Å². The molecule has 0 aliphatic heterocycles. The van der Waals surface area contributed by atoms with Crippen LogP contribution in [-0.2, 0) is 28.3 Å². The number of carbonyl (C=O) groups is 1. The molecule has 0 aliphatic carbocycles. The number of nitrogens with zero attached hydrogens (tertiary/aromatic N) is 4. The average molecular weight is 452 g/mol. The summed E-state index contributed by atoms with van der Waals surface area (Å²) >= 11 is 0. The molecule has 2 aromatic rings. The van der Waals surface area contributed by atoms with Gasteiger partial charge >= 0.3 is 0 Å². The number of carbonyl (C=O) groups excluding carboxylic acids is 1. The van der Waals surface area contributed by atoms with Crippen molar-refractivity contribution in [1.29, 1.82) is 0 Å². The fourth-order valence-electron chi connectivity index (χ4n) is 3.88. The van der Waals surface area contributed by atoms with Gasteiger partial charge in [0.15, 0.2) is 0 Å². The average Bonchev–Trinajstić information content (AvgIpc) is 3.07. The van der Waals surface area contributed by atoms with E-state index in [9.17, 15) is 13.2 Å². The molecule has 1 aromatic carbocycles. The summed E-state index contributed by atoms with van der Waals surface area (Å²) in [6, 6.07) is 5.33. The van der Waals surface area contributed by atoms with Crippen molar-refractivity contribution < 1.29 is 13.2 Å². The molecule has 1 amide bonds. The van der Waals surface area contributed by atoms with E-state index in [1.807, 2.05) is 25.5 Å². The molecule has 0 bridgehead atoms. The summed E-state index contributed by atoms with van der Waals surface area (Å²) in [5.41, 5.74) is 1.48. The normalized spacial score (nSPS) is 13.3. The Bertz CT molecular complexity index is 978. The molecule has 1 heterocycles. The van der Waals surface area contributed by atoms with Crippen LogP contribution in [0.5, 0.6) is 0 Å². The Labute approximate surface area is 186 Å². The van der Waals surface area contributed by atoms with Gasteiger partial charge in [-0.2, -0.15) is 4.31 Å². The van der Waals surface area contributed by atoms with Gasteiger partial charge in [-0.05, 0) is 38.2 Å². The summed E-state index contributed by atoms with van der Waals surface area (Å²) in [5, 5.41) is 3.01. The van der Waals surface area contributed by atoms with E-state index in [1.165, 1.54) is 4.31 Å². The molecule has 0 saturated carbocycles. The van der Waals surface area contributed by atoms with Crippen LogP contribution in [-0.4, -0.2) is 71.8 Å². The lowest BCUT2D eigenvalue weighted by molar-refractivity contribution is -0.121. The smallest absolute Gasteiger partial charge is 0.243 e. The topological polar surface area (TPSA) is 87.5 Å². The van der Waals surface area contributed by atoms with E-state index in [1.54, 1.807) is 18.2 Å². The predicted octanol–water partition coefficient (Wildman–Crippen LogP) is 2.38. The number of sulfonamides is 1. The molecule has 174 valence electrons. The van der Waals surface area contributed by atoms with Crippen molar-refractivity contribution in [3.63, 3.8) is 0 Å². The van der Waals surface area contributed by atoms with Crippen molar-refractivity contribution >= 4 is 27.0 Å². The maximum Gasteiger partial charge on any atom is 0.243 e. The van der Waals surface area contributed by atoms with Gasteiger partial charge in [-0.15, -0.1) is 0 Å². The summed E-state index contributed by atoms with van der Waals surface area (Å²) < 4.78 is 29.0. The number of benzene rings is 1. The fraction of sp³-hybridized carbons (Fsp3) is 0.636. The van der Waals surface area contributed by atoms with Crippen LogP contribution in [0.1, 0.15) is 46.9 Å². The lowest BCUT2D eigenvalue weighted by Gasteiger charge is -2.26. The third kappa shape index (κ3) is 5.84. The standard InChI is InChI=1S/C22H37N5O3S/c1-7-26(8-2)17(5)16-23-22(28)14-13-21-24-19-15-18(11-12-20(19)25(21)6)31(29,30)27(9-3)10-4/h11-12,15,17H,7-10,13-14,16H2,1-6H3,(H,23,28). The molecule has 1 unspecified atom stereocenters. The van der Waals surface area contributed by atoms with E-state index < -0.39 is 10.0 Å². The van der Waals surface area contributed by atoms with Crippen molar-refractivity contribution in [2.75, 3.05) is 32.7 Å². The van der Waals surface area contributed by atoms with E-state index in [0.29, 0.717) is 44.0 Å². The number of hydrogen-bond acceptors (Lipinski definition) is 5. The van der Waals surface area contributed by atoms with Crippen molar-refractivity contribution in [1.82, 2.24) is 24.1 Å². The minimum Gasteiger partial charge on any atom is -0.355 e. The molecule has 0 fully saturated rings. The Hall–Kier alpha value is -1.97. The summed E-state index contributed by atoms with van der Waals surface area (Å²) in [6.07, 6.45) is 0.835. The number of amides is 1. The molecule has 31 heavy (non-hydrogen) atoms. The second-order valence-electron chi connectivity index (χ2n) is 7.70. The van der Waals surface area contributed by atoms with Crippen molar-refractivity contribution in [3.8, 4) is 0 Å². The minimum atomic E-state index is -3.53. The highest BCUT2D eigenvalue weighted by Gasteiger charge is 2.23. The Morgan fingerprint density at radius 3 is 2.35 bits per heavy atom. The third-order valence-electron chi connectivity index (χ3n) is 5.89. The molecule has 2 rings (SSSR count). The summed E-state index contributed by atoms with van der Waals surface area (Å²) in [7, 11) is -1.64. The second kappa shape index (κ2) is 11.1. The van der Waals surface area contributed by atoms with Crippen molar-refractivity contribution in [3.05, 3.63) is 24.0 Å². The first kappa shape index (κ1) is 25.3. The van der Waals surface area contributed by atoms with E-state index in [0.717, 1.165) is 24.4 Å². The maximum atomic E-state index is 12.8. The highest BCUT2D eigenvalue weighted by atomic mass is 32.2. The maximum absolute atomic E-state index is 12.8. The molecule has 0 saturated heterocycles. The Morgan fingerprint density at radius 2 is 1.77 bits per heavy atom. The zero-order valence-electron chi connectivity index (χ0n) is 19.7. The predicted molar refractivity (Wildman–Crippen MR) is 125 cm³/mol. The molecule has 1 N–H and O–H groups in total. The monoisotopic (exact) mass is 451 g/mol. The van der Waals surface area contributed by atoms with Crippen LogP contribution in [0.3, 0.4) is 0 Å². The molecule has 8 nitrogen and oxygen atoms in total. The first-order valence-electron chi connectivity index (χ1n) is 11.2. The second-order valence-corrected chi connectivity index (χ2v) is 9.64. The van der Waals surface area contributed by atoms with Gasteiger partial charge in [0.1, 0.15) is 5.82 Å². The van der Waals surface area contributed by atoms with E-state index in [-0.39, 0.29) is 10.8 Å². The lowest BCUT2D eigenvalue weighted by atomic mass is 10.2. The van der Waals surface area contributed by atoms with Gasteiger partial charge in [0.05, 0.1) is 15.9 Å². The van der Waals surface area contributed by atoms with Crippen LogP contribution >= 0.6 is 0 Å². The molecule has 0 spiro atoms. The van der Waals surface area contributed by atoms with Gasteiger partial charge in [-0.1, -0.05) is 27.7 Å². The van der Waals surface area contributed by atoms with E-state index >= 15 is 0 Å². The van der Waals surface area contributed by atoms with Crippen LogP contribution in [0, 0.1) is 0 Å². The van der Waals surface area contributed by atoms with E-state index in [4.69, 9.17) is 0 Å². The summed E-state index contributed by atoms with van der Waals surface area (Å²) in [6.45, 7) is 13.4. The van der Waals surface area contributed by atoms with Crippen LogP contribution in [0.25, 0.3) is 11.0 Å². The van der Waals surface area contributed by atoms with Crippen LogP contribution < -0.4 is 5.32 Å². The Balaban J connectivity index is 2.09. The highest BCUT2D eigenvalue weighted by molar-refractivity contribution is 7.89. The number of imidazole rings is 1. The quantitative estimate of drug-likeness (QED) is 0.535. The van der Waals surface area contributed by atoms with Gasteiger partial charge in [-0.25, -0.2) is 13.4 Å². The molecule has 1 atom stereocenters. The first-order chi connectivity index (χ1) is 14.7. The number of rotatable bonds is 12. The van der Waals surface area contributed by atoms with Gasteiger partial charge < -0.3 is 9.88 Å². The van der Waals surface area contributed by atoms with Gasteiger partial charge in [0, 0.05) is 45.6 Å². The van der Waals surface area contributed by atoms with Crippen molar-refractivity contribution in [2.45, 2.75) is 58.4 Å². The number of aromatic nitrogens is 2.